The fourth-order valence-electron chi connectivity index (χ4n) is 4.92. The lowest BCUT2D eigenvalue weighted by atomic mass is 9.94. The highest BCUT2D eigenvalue weighted by molar-refractivity contribution is 6.46. The van der Waals surface area contributed by atoms with Crippen molar-refractivity contribution < 1.29 is 38.4 Å². The number of amides is 1. The Morgan fingerprint density at radius 1 is 0.975 bits per heavy atom. The van der Waals surface area contributed by atoms with Crippen LogP contribution in [0, 0.1) is 5.92 Å². The molecule has 2 fully saturated rings. The maximum Gasteiger partial charge on any atom is 0.295 e. The summed E-state index contributed by atoms with van der Waals surface area (Å²) in [5, 5.41) is 11.5. The molecule has 10 heteroatoms. The number of carbonyl (C=O) groups is 2. The molecule has 10 nitrogen and oxygen atoms in total. The fraction of sp³-hybridized carbons (Fsp3) is 0.467. The third kappa shape index (κ3) is 6.18. The second kappa shape index (κ2) is 13.1. The molecule has 1 amide bonds. The smallest absolute Gasteiger partial charge is 0.295 e. The average Bonchev–Trinajstić information content (AvgIpc) is 3.23. The first-order valence-electron chi connectivity index (χ1n) is 13.4. The molecule has 4 rings (SSSR count). The Kier molecular flexibility index (Phi) is 9.54. The summed E-state index contributed by atoms with van der Waals surface area (Å²) in [5.41, 5.74) is 0.951. The zero-order valence-corrected chi connectivity index (χ0v) is 23.8. The first-order chi connectivity index (χ1) is 19.3. The Labute approximate surface area is 235 Å². The number of aliphatic hydroxyl groups is 1. The first kappa shape index (κ1) is 29.2. The summed E-state index contributed by atoms with van der Waals surface area (Å²) >= 11 is 0. The third-order valence-electron chi connectivity index (χ3n) is 7.01. The summed E-state index contributed by atoms with van der Waals surface area (Å²) in [4.78, 5) is 30.6. The lowest BCUT2D eigenvalue weighted by Gasteiger charge is -2.31. The maximum absolute atomic E-state index is 13.5. The van der Waals surface area contributed by atoms with Crippen LogP contribution in [0.25, 0.3) is 5.76 Å². The molecule has 1 N–H and O–H groups in total. The third-order valence-corrected chi connectivity index (χ3v) is 7.01. The minimum atomic E-state index is -0.869. The van der Waals surface area contributed by atoms with Gasteiger partial charge in [-0.3, -0.25) is 14.5 Å². The molecule has 2 aromatic carbocycles. The van der Waals surface area contributed by atoms with Crippen molar-refractivity contribution in [3.05, 3.63) is 53.1 Å². The van der Waals surface area contributed by atoms with E-state index in [1.165, 1.54) is 26.2 Å². The molecule has 2 aromatic rings. The Bertz CT molecular complexity index is 1210. The molecule has 0 aliphatic carbocycles. The molecule has 0 spiro atoms. The number of morpholine rings is 1. The maximum atomic E-state index is 13.5. The Hall–Kier alpha value is -3.76. The number of ketones is 1. The van der Waals surface area contributed by atoms with E-state index in [0.29, 0.717) is 66.4 Å². The minimum Gasteiger partial charge on any atom is -0.507 e. The molecule has 0 radical (unpaired) electrons. The lowest BCUT2D eigenvalue weighted by Crippen LogP contribution is -2.42. The summed E-state index contributed by atoms with van der Waals surface area (Å²) in [6.07, 6.45) is 0. The zero-order valence-electron chi connectivity index (χ0n) is 23.8. The normalized spacial score (nSPS) is 19.2. The second-order valence-electron chi connectivity index (χ2n) is 10.1. The van der Waals surface area contributed by atoms with Gasteiger partial charge in [0.1, 0.15) is 11.5 Å². The van der Waals surface area contributed by atoms with Crippen molar-refractivity contribution in [1.29, 1.82) is 0 Å². The number of nitrogens with zero attached hydrogens (tertiary/aromatic N) is 2. The number of carbonyl (C=O) groups excluding carboxylic acids is 2. The molecule has 2 aliphatic rings. The van der Waals surface area contributed by atoms with Crippen LogP contribution >= 0.6 is 0 Å². The van der Waals surface area contributed by atoms with Crippen molar-refractivity contribution in [3.8, 4) is 23.0 Å². The van der Waals surface area contributed by atoms with Gasteiger partial charge in [-0.1, -0.05) is 13.8 Å². The van der Waals surface area contributed by atoms with E-state index < -0.39 is 17.7 Å². The first-order valence-corrected chi connectivity index (χ1v) is 13.4. The standard InChI is InChI=1S/C30H38N2O8/c1-19(2)18-40-22-8-6-20(7-9-22)27(33)25-26(21-16-23(36-3)29(38-5)24(17-21)37-4)32(30(35)28(25)34)11-10-31-12-14-39-15-13-31/h6-9,16-17,19,26,33H,10-15,18H2,1-5H3/b27-25+. The molecular weight excluding hydrogens is 516 g/mol. The van der Waals surface area contributed by atoms with Gasteiger partial charge in [0.2, 0.25) is 5.75 Å². The second-order valence-corrected chi connectivity index (χ2v) is 10.1. The Morgan fingerprint density at radius 2 is 1.60 bits per heavy atom. The van der Waals surface area contributed by atoms with E-state index in [2.05, 4.69) is 18.7 Å². The van der Waals surface area contributed by atoms with Crippen LogP contribution in [0.3, 0.4) is 0 Å². The number of methoxy groups -OCH3 is 3. The number of ether oxygens (including phenoxy) is 5. The molecule has 2 heterocycles. The van der Waals surface area contributed by atoms with Crippen LogP contribution in [0.15, 0.2) is 42.0 Å². The highest BCUT2D eigenvalue weighted by atomic mass is 16.5. The topological polar surface area (TPSA) is 107 Å². The van der Waals surface area contributed by atoms with E-state index in [9.17, 15) is 14.7 Å². The number of hydrogen-bond acceptors (Lipinski definition) is 9. The van der Waals surface area contributed by atoms with Gasteiger partial charge in [0.25, 0.3) is 11.7 Å². The number of hydrogen-bond donors (Lipinski definition) is 1. The molecule has 2 saturated heterocycles. The molecule has 1 unspecified atom stereocenters. The van der Waals surface area contributed by atoms with Gasteiger partial charge in [-0.05, 0) is 47.9 Å². The van der Waals surface area contributed by atoms with Crippen molar-refractivity contribution >= 4 is 17.4 Å². The molecule has 1 atom stereocenters. The summed E-state index contributed by atoms with van der Waals surface area (Å²) in [5.74, 6) is 0.461. The number of aliphatic hydroxyl groups excluding tert-OH is 1. The molecule has 2 aliphatic heterocycles. The van der Waals surface area contributed by atoms with E-state index in [0.717, 1.165) is 13.1 Å². The molecule has 0 bridgehead atoms. The summed E-state index contributed by atoms with van der Waals surface area (Å²) in [6, 6.07) is 9.37. The van der Waals surface area contributed by atoms with Crippen molar-refractivity contribution in [2.24, 2.45) is 5.92 Å². The van der Waals surface area contributed by atoms with Gasteiger partial charge in [-0.15, -0.1) is 0 Å². The highest BCUT2D eigenvalue weighted by Crippen LogP contribution is 2.45. The molecule has 0 saturated carbocycles. The SMILES string of the molecule is COc1cc(C2/C(=C(\O)c3ccc(OCC(C)C)cc3)C(=O)C(=O)N2CCN2CCOCC2)cc(OC)c1OC. The van der Waals surface area contributed by atoms with Gasteiger partial charge < -0.3 is 33.7 Å². The van der Waals surface area contributed by atoms with Crippen LogP contribution in [-0.4, -0.2) is 93.9 Å². The van der Waals surface area contributed by atoms with Gasteiger partial charge in [0.05, 0.1) is 52.8 Å². The summed E-state index contributed by atoms with van der Waals surface area (Å²) in [7, 11) is 4.50. The van der Waals surface area contributed by atoms with Gasteiger partial charge in [0.15, 0.2) is 11.5 Å². The summed E-state index contributed by atoms with van der Waals surface area (Å²) < 4.78 is 27.8. The van der Waals surface area contributed by atoms with Crippen LogP contribution in [0.1, 0.15) is 31.0 Å². The summed E-state index contributed by atoms with van der Waals surface area (Å²) in [6.45, 7) is 8.22. The number of benzene rings is 2. The molecule has 0 aromatic heterocycles. The number of rotatable bonds is 11. The molecule has 40 heavy (non-hydrogen) atoms. The fourth-order valence-corrected chi connectivity index (χ4v) is 4.92. The lowest BCUT2D eigenvalue weighted by molar-refractivity contribution is -0.140. The van der Waals surface area contributed by atoms with Gasteiger partial charge >= 0.3 is 0 Å². The van der Waals surface area contributed by atoms with E-state index in [1.54, 1.807) is 36.4 Å². The largest absolute Gasteiger partial charge is 0.507 e. The van der Waals surface area contributed by atoms with Crippen LogP contribution < -0.4 is 18.9 Å². The van der Waals surface area contributed by atoms with Crippen molar-refractivity contribution in [2.45, 2.75) is 19.9 Å². The van der Waals surface area contributed by atoms with Gasteiger partial charge in [-0.25, -0.2) is 0 Å². The highest BCUT2D eigenvalue weighted by Gasteiger charge is 2.46. The van der Waals surface area contributed by atoms with Crippen LogP contribution in [0.4, 0.5) is 0 Å². The van der Waals surface area contributed by atoms with Gasteiger partial charge in [0, 0.05) is 31.7 Å². The van der Waals surface area contributed by atoms with E-state index in [1.807, 2.05) is 0 Å². The minimum absolute atomic E-state index is 0.00269. The monoisotopic (exact) mass is 554 g/mol. The number of Topliss-reactive ketones (excluding diaryl/α,β-unsaturated/α-hetero) is 1. The van der Waals surface area contributed by atoms with Gasteiger partial charge in [-0.2, -0.15) is 0 Å². The average molecular weight is 555 g/mol. The van der Waals surface area contributed by atoms with Crippen molar-refractivity contribution in [3.63, 3.8) is 0 Å². The van der Waals surface area contributed by atoms with E-state index >= 15 is 0 Å². The predicted octanol–water partition coefficient (Wildman–Crippen LogP) is 3.50. The predicted molar refractivity (Wildman–Crippen MR) is 149 cm³/mol. The van der Waals surface area contributed by atoms with Crippen molar-refractivity contribution in [2.75, 3.05) is 67.3 Å². The van der Waals surface area contributed by atoms with Crippen LogP contribution in [0.5, 0.6) is 23.0 Å². The van der Waals surface area contributed by atoms with Crippen molar-refractivity contribution in [1.82, 2.24) is 9.80 Å². The molecule has 216 valence electrons. The zero-order chi connectivity index (χ0) is 28.8. The van der Waals surface area contributed by atoms with E-state index in [-0.39, 0.29) is 17.9 Å². The Balaban J connectivity index is 1.77. The quantitative estimate of drug-likeness (QED) is 0.254. The van der Waals surface area contributed by atoms with E-state index in [4.69, 9.17) is 23.7 Å². The van der Waals surface area contributed by atoms with Crippen LogP contribution in [-0.2, 0) is 14.3 Å². The molecular formula is C30H38N2O8. The van der Waals surface area contributed by atoms with Crippen LogP contribution in [0.2, 0.25) is 0 Å². The number of likely N-dealkylation sites (tertiary alicyclic amines) is 1. The Morgan fingerprint density at radius 3 is 2.15 bits per heavy atom.